The molecule has 18 heavy (non-hydrogen) atoms. The standard InChI is InChI=1S/C14H19N3O/c1-5-13(10(2)3)17-14(18)16-9-12-6-11(4)7-15-8-12/h1,6-8,10,13H,9H2,2-4H3,(H2,16,17,18)/t13-/m1/s1. The van der Waals surface area contributed by atoms with Crippen LogP contribution in [0.4, 0.5) is 4.79 Å². The second-order valence-electron chi connectivity index (χ2n) is 4.59. The van der Waals surface area contributed by atoms with Gasteiger partial charge < -0.3 is 10.6 Å². The molecule has 4 nitrogen and oxygen atoms in total. The van der Waals surface area contributed by atoms with E-state index in [1.807, 2.05) is 26.8 Å². The Bertz CT molecular complexity index is 449. The highest BCUT2D eigenvalue weighted by Crippen LogP contribution is 2.01. The number of nitrogens with one attached hydrogen (secondary N) is 2. The number of terminal acetylenes is 1. The van der Waals surface area contributed by atoms with Crippen LogP contribution in [-0.2, 0) is 6.54 Å². The number of hydrogen-bond acceptors (Lipinski definition) is 2. The number of urea groups is 1. The van der Waals surface area contributed by atoms with Crippen molar-refractivity contribution in [3.8, 4) is 12.3 Å². The van der Waals surface area contributed by atoms with Gasteiger partial charge in [0.1, 0.15) is 0 Å². The van der Waals surface area contributed by atoms with Gasteiger partial charge in [-0.25, -0.2) is 4.79 Å². The summed E-state index contributed by atoms with van der Waals surface area (Å²) in [5.74, 6) is 2.77. The summed E-state index contributed by atoms with van der Waals surface area (Å²) in [4.78, 5) is 15.7. The summed E-state index contributed by atoms with van der Waals surface area (Å²) in [6.07, 6.45) is 8.85. The van der Waals surface area contributed by atoms with Gasteiger partial charge in [-0.2, -0.15) is 0 Å². The maximum atomic E-state index is 11.6. The van der Waals surface area contributed by atoms with Crippen molar-refractivity contribution in [3.63, 3.8) is 0 Å². The SMILES string of the molecule is C#C[C@@H](NC(=O)NCc1cncc(C)c1)C(C)C. The Morgan fingerprint density at radius 3 is 2.78 bits per heavy atom. The van der Waals surface area contributed by atoms with Crippen LogP contribution in [0.25, 0.3) is 0 Å². The van der Waals surface area contributed by atoms with Crippen LogP contribution in [0, 0.1) is 25.2 Å². The number of hydrogen-bond donors (Lipinski definition) is 2. The maximum Gasteiger partial charge on any atom is 0.316 e. The molecule has 0 saturated carbocycles. The monoisotopic (exact) mass is 245 g/mol. The molecule has 0 unspecified atom stereocenters. The normalized spacial score (nSPS) is 11.7. The molecule has 0 aliphatic heterocycles. The number of aryl methyl sites for hydroxylation is 1. The second-order valence-corrected chi connectivity index (χ2v) is 4.59. The molecular weight excluding hydrogens is 226 g/mol. The van der Waals surface area contributed by atoms with Gasteiger partial charge in [0.25, 0.3) is 0 Å². The third-order valence-corrected chi connectivity index (χ3v) is 2.52. The van der Waals surface area contributed by atoms with Gasteiger partial charge in [-0.1, -0.05) is 25.8 Å². The van der Waals surface area contributed by atoms with Gasteiger partial charge in [0, 0.05) is 18.9 Å². The number of nitrogens with zero attached hydrogens (tertiary/aromatic N) is 1. The van der Waals surface area contributed by atoms with E-state index in [1.54, 1.807) is 12.4 Å². The zero-order chi connectivity index (χ0) is 13.5. The minimum Gasteiger partial charge on any atom is -0.334 e. The van der Waals surface area contributed by atoms with Crippen molar-refractivity contribution in [2.45, 2.75) is 33.4 Å². The highest BCUT2D eigenvalue weighted by atomic mass is 16.2. The number of amides is 2. The van der Waals surface area contributed by atoms with Gasteiger partial charge in [0.05, 0.1) is 6.04 Å². The lowest BCUT2D eigenvalue weighted by Crippen LogP contribution is -2.43. The Morgan fingerprint density at radius 2 is 2.22 bits per heavy atom. The van der Waals surface area contributed by atoms with Crippen LogP contribution in [0.1, 0.15) is 25.0 Å². The Hall–Kier alpha value is -2.02. The lowest BCUT2D eigenvalue weighted by Gasteiger charge is -2.17. The number of rotatable bonds is 4. The van der Waals surface area contributed by atoms with E-state index in [0.717, 1.165) is 11.1 Å². The lowest BCUT2D eigenvalue weighted by atomic mass is 10.1. The first-order chi connectivity index (χ1) is 8.52. The maximum absolute atomic E-state index is 11.6. The summed E-state index contributed by atoms with van der Waals surface area (Å²) in [6.45, 7) is 6.34. The highest BCUT2D eigenvalue weighted by Gasteiger charge is 2.12. The van der Waals surface area contributed by atoms with Crippen LogP contribution in [0.5, 0.6) is 0 Å². The first kappa shape index (κ1) is 14.0. The third kappa shape index (κ3) is 4.46. The van der Waals surface area contributed by atoms with Crippen molar-refractivity contribution in [3.05, 3.63) is 29.6 Å². The van der Waals surface area contributed by atoms with Crippen molar-refractivity contribution >= 4 is 6.03 Å². The van der Waals surface area contributed by atoms with Gasteiger partial charge in [-0.05, 0) is 24.0 Å². The van der Waals surface area contributed by atoms with Gasteiger partial charge >= 0.3 is 6.03 Å². The van der Waals surface area contributed by atoms with E-state index in [0.29, 0.717) is 6.54 Å². The van der Waals surface area contributed by atoms with Crippen LogP contribution in [0.3, 0.4) is 0 Å². The summed E-state index contributed by atoms with van der Waals surface area (Å²) >= 11 is 0. The van der Waals surface area contributed by atoms with E-state index in [9.17, 15) is 4.79 Å². The topological polar surface area (TPSA) is 54.0 Å². The molecule has 0 aliphatic carbocycles. The van der Waals surface area contributed by atoms with Crippen LogP contribution in [-0.4, -0.2) is 17.1 Å². The van der Waals surface area contributed by atoms with E-state index in [2.05, 4.69) is 21.5 Å². The molecule has 96 valence electrons. The van der Waals surface area contributed by atoms with E-state index in [1.165, 1.54) is 0 Å². The predicted octanol–water partition coefficient (Wildman–Crippen LogP) is 1.85. The average molecular weight is 245 g/mol. The Balaban J connectivity index is 2.45. The first-order valence-corrected chi connectivity index (χ1v) is 5.94. The highest BCUT2D eigenvalue weighted by molar-refractivity contribution is 5.74. The quantitative estimate of drug-likeness (QED) is 0.795. The van der Waals surface area contributed by atoms with Crippen molar-refractivity contribution in [2.24, 2.45) is 5.92 Å². The van der Waals surface area contributed by atoms with Crippen molar-refractivity contribution < 1.29 is 4.79 Å². The Labute approximate surface area is 108 Å². The van der Waals surface area contributed by atoms with E-state index >= 15 is 0 Å². The average Bonchev–Trinajstić information content (AvgIpc) is 2.33. The molecule has 4 heteroatoms. The largest absolute Gasteiger partial charge is 0.334 e. The number of aromatic nitrogens is 1. The van der Waals surface area contributed by atoms with E-state index < -0.39 is 0 Å². The molecule has 1 aromatic rings. The summed E-state index contributed by atoms with van der Waals surface area (Å²) in [6, 6.07) is 1.47. The fourth-order valence-electron chi connectivity index (χ4n) is 1.49. The molecule has 1 rings (SSSR count). The molecule has 1 atom stereocenters. The summed E-state index contributed by atoms with van der Waals surface area (Å²) in [5.41, 5.74) is 2.03. The Kier molecular flexibility index (Phi) is 5.19. The zero-order valence-electron chi connectivity index (χ0n) is 11.0. The van der Waals surface area contributed by atoms with Gasteiger partial charge in [0.15, 0.2) is 0 Å². The van der Waals surface area contributed by atoms with Crippen LogP contribution >= 0.6 is 0 Å². The van der Waals surface area contributed by atoms with Gasteiger partial charge in [0.2, 0.25) is 0 Å². The third-order valence-electron chi connectivity index (χ3n) is 2.52. The number of carbonyl (C=O) groups excluding carboxylic acids is 1. The fraction of sp³-hybridized carbons (Fsp3) is 0.429. The van der Waals surface area contributed by atoms with Crippen LogP contribution < -0.4 is 10.6 Å². The minimum atomic E-state index is -0.256. The molecule has 0 aliphatic rings. The van der Waals surface area contributed by atoms with Crippen molar-refractivity contribution in [1.82, 2.24) is 15.6 Å². The molecule has 0 aromatic carbocycles. The summed E-state index contributed by atoms with van der Waals surface area (Å²) in [5, 5.41) is 5.50. The summed E-state index contributed by atoms with van der Waals surface area (Å²) in [7, 11) is 0. The molecule has 1 heterocycles. The Morgan fingerprint density at radius 1 is 1.50 bits per heavy atom. The minimum absolute atomic E-state index is 0.210. The molecule has 2 N–H and O–H groups in total. The molecule has 0 fully saturated rings. The van der Waals surface area contributed by atoms with E-state index in [-0.39, 0.29) is 18.0 Å². The lowest BCUT2D eigenvalue weighted by molar-refractivity contribution is 0.236. The predicted molar refractivity (Wildman–Crippen MR) is 71.8 cm³/mol. The number of pyridine rings is 1. The van der Waals surface area contributed by atoms with E-state index in [4.69, 9.17) is 6.42 Å². The fourth-order valence-corrected chi connectivity index (χ4v) is 1.49. The molecule has 0 saturated heterocycles. The molecule has 0 bridgehead atoms. The van der Waals surface area contributed by atoms with Gasteiger partial charge in [-0.3, -0.25) is 4.98 Å². The van der Waals surface area contributed by atoms with Gasteiger partial charge in [-0.15, -0.1) is 6.42 Å². The van der Waals surface area contributed by atoms with Crippen LogP contribution in [0.15, 0.2) is 18.5 Å². The number of carbonyl (C=O) groups is 1. The molecule has 0 radical (unpaired) electrons. The van der Waals surface area contributed by atoms with Crippen LogP contribution in [0.2, 0.25) is 0 Å². The zero-order valence-corrected chi connectivity index (χ0v) is 11.0. The van der Waals surface area contributed by atoms with Crippen molar-refractivity contribution in [1.29, 1.82) is 0 Å². The molecular formula is C14H19N3O. The molecule has 2 amide bonds. The molecule has 0 spiro atoms. The van der Waals surface area contributed by atoms with Crippen molar-refractivity contribution in [2.75, 3.05) is 0 Å². The molecule has 1 aromatic heterocycles. The smallest absolute Gasteiger partial charge is 0.316 e. The summed E-state index contributed by atoms with van der Waals surface area (Å²) < 4.78 is 0. The first-order valence-electron chi connectivity index (χ1n) is 5.94. The second kappa shape index (κ2) is 6.65.